The van der Waals surface area contributed by atoms with Crippen molar-refractivity contribution in [2.24, 2.45) is 0 Å². The third-order valence-corrected chi connectivity index (χ3v) is 4.73. The maximum absolute atomic E-state index is 9.45. The van der Waals surface area contributed by atoms with Crippen LogP contribution in [0.2, 0.25) is 0 Å². The minimum Gasteiger partial charge on any atom is -0.402 e. The monoisotopic (exact) mass is 362 g/mol. The zero-order valence-electron chi connectivity index (χ0n) is 18.5. The Bertz CT molecular complexity index is 602. The largest absolute Gasteiger partial charge is 0.634 e. The van der Waals surface area contributed by atoms with Crippen LogP contribution in [0.1, 0.15) is 110 Å². The van der Waals surface area contributed by atoms with Gasteiger partial charge in [0.2, 0.25) is 0 Å². The second-order valence-corrected chi connectivity index (χ2v) is 10.4. The summed E-state index contributed by atoms with van der Waals surface area (Å²) in [5, 5.41) is 18.9. The number of hydrogen-bond donors (Lipinski definition) is 2. The summed E-state index contributed by atoms with van der Waals surface area (Å²) in [7, 11) is -1.76. The van der Waals surface area contributed by atoms with Gasteiger partial charge in [0.25, 0.3) is 0 Å². The first-order valence-corrected chi connectivity index (χ1v) is 9.80. The molecule has 3 nitrogen and oxygen atoms in total. The van der Waals surface area contributed by atoms with E-state index in [1.807, 2.05) is 0 Å². The Hall–Kier alpha value is -0.835. The molecule has 1 aromatic rings. The maximum Gasteiger partial charge on any atom is 0.634 e. The predicted octanol–water partition coefficient (Wildman–Crippen LogP) is 5.41. The number of hydrogen-bond acceptors (Lipinski definition) is 3. The molecule has 1 unspecified atom stereocenters. The SMILES string of the molecule is CCCC(OB(O)O)c1ccc(C(C)(C)C)c(C(C)(C)C)c1C(C)(C)C. The Morgan fingerprint density at radius 1 is 0.846 bits per heavy atom. The van der Waals surface area contributed by atoms with Gasteiger partial charge in [-0.15, -0.1) is 0 Å². The summed E-state index contributed by atoms with van der Waals surface area (Å²) in [4.78, 5) is 0. The standard InChI is InChI=1S/C22H39BO3/c1-11-12-17(26-23(24)25)15-13-14-16(20(2,3)4)19(22(8,9)10)18(15)21(5,6)7/h13-14,17,24-25H,11-12H2,1-10H3. The summed E-state index contributed by atoms with van der Waals surface area (Å²) in [6.07, 6.45) is 1.33. The molecule has 2 N–H and O–H groups in total. The lowest BCUT2D eigenvalue weighted by Crippen LogP contribution is -2.31. The normalized spacial score (nSPS) is 14.5. The Labute approximate surface area is 161 Å². The summed E-state index contributed by atoms with van der Waals surface area (Å²) in [6, 6.07) is 4.35. The van der Waals surface area contributed by atoms with E-state index >= 15 is 0 Å². The first kappa shape index (κ1) is 23.2. The van der Waals surface area contributed by atoms with E-state index in [1.165, 1.54) is 16.7 Å². The highest BCUT2D eigenvalue weighted by molar-refractivity contribution is 6.32. The third-order valence-electron chi connectivity index (χ3n) is 4.73. The zero-order valence-corrected chi connectivity index (χ0v) is 18.5. The van der Waals surface area contributed by atoms with Gasteiger partial charge < -0.3 is 14.7 Å². The molecule has 0 fully saturated rings. The van der Waals surface area contributed by atoms with Gasteiger partial charge in [-0.25, -0.2) is 0 Å². The second-order valence-electron chi connectivity index (χ2n) is 10.4. The second kappa shape index (κ2) is 8.04. The molecule has 0 aromatic heterocycles. The van der Waals surface area contributed by atoms with E-state index in [0.717, 1.165) is 18.4 Å². The van der Waals surface area contributed by atoms with Crippen molar-refractivity contribution in [1.29, 1.82) is 0 Å². The lowest BCUT2D eigenvalue weighted by molar-refractivity contribution is 0.110. The molecule has 148 valence electrons. The van der Waals surface area contributed by atoms with E-state index in [9.17, 15) is 10.0 Å². The molecule has 0 aliphatic carbocycles. The first-order chi connectivity index (χ1) is 11.6. The van der Waals surface area contributed by atoms with Gasteiger partial charge in [-0.2, -0.15) is 0 Å². The van der Waals surface area contributed by atoms with Crippen molar-refractivity contribution in [3.05, 3.63) is 34.4 Å². The van der Waals surface area contributed by atoms with Crippen LogP contribution in [-0.2, 0) is 20.9 Å². The molecule has 0 bridgehead atoms. The van der Waals surface area contributed by atoms with E-state index in [2.05, 4.69) is 81.4 Å². The summed E-state index contributed by atoms with van der Waals surface area (Å²) in [5.41, 5.74) is 4.95. The Morgan fingerprint density at radius 2 is 1.35 bits per heavy atom. The van der Waals surface area contributed by atoms with E-state index in [4.69, 9.17) is 4.65 Å². The molecular formula is C22H39BO3. The van der Waals surface area contributed by atoms with Crippen molar-refractivity contribution in [1.82, 2.24) is 0 Å². The Balaban J connectivity index is 3.89. The highest BCUT2D eigenvalue weighted by atomic mass is 16.6. The van der Waals surface area contributed by atoms with Crippen LogP contribution in [0.15, 0.2) is 12.1 Å². The summed E-state index contributed by atoms with van der Waals surface area (Å²) < 4.78 is 5.52. The fraction of sp³-hybridized carbons (Fsp3) is 0.727. The van der Waals surface area contributed by atoms with Crippen LogP contribution in [0, 0.1) is 0 Å². The van der Waals surface area contributed by atoms with Crippen LogP contribution in [0.3, 0.4) is 0 Å². The first-order valence-electron chi connectivity index (χ1n) is 9.80. The molecule has 1 rings (SSSR count). The van der Waals surface area contributed by atoms with Crippen LogP contribution < -0.4 is 0 Å². The fourth-order valence-corrected chi connectivity index (χ4v) is 3.81. The smallest absolute Gasteiger partial charge is 0.402 e. The Morgan fingerprint density at radius 3 is 1.69 bits per heavy atom. The fourth-order valence-electron chi connectivity index (χ4n) is 3.81. The molecule has 26 heavy (non-hydrogen) atoms. The quantitative estimate of drug-likeness (QED) is 0.689. The predicted molar refractivity (Wildman–Crippen MR) is 111 cm³/mol. The van der Waals surface area contributed by atoms with Gasteiger partial charge in [0.15, 0.2) is 0 Å². The van der Waals surface area contributed by atoms with Crippen LogP contribution >= 0.6 is 0 Å². The van der Waals surface area contributed by atoms with E-state index in [-0.39, 0.29) is 22.3 Å². The Kier molecular flexibility index (Phi) is 7.17. The van der Waals surface area contributed by atoms with Gasteiger partial charge in [0, 0.05) is 0 Å². The van der Waals surface area contributed by atoms with Gasteiger partial charge in [-0.3, -0.25) is 0 Å². The topological polar surface area (TPSA) is 49.7 Å². The highest BCUT2D eigenvalue weighted by Gasteiger charge is 2.35. The molecule has 4 heteroatoms. The van der Waals surface area contributed by atoms with Crippen molar-refractivity contribution in [3.63, 3.8) is 0 Å². The minimum absolute atomic E-state index is 0.0265. The van der Waals surface area contributed by atoms with Crippen molar-refractivity contribution >= 4 is 7.32 Å². The van der Waals surface area contributed by atoms with Crippen LogP contribution in [0.5, 0.6) is 0 Å². The van der Waals surface area contributed by atoms with Crippen molar-refractivity contribution < 1.29 is 14.7 Å². The van der Waals surface area contributed by atoms with Crippen molar-refractivity contribution in [2.45, 2.75) is 104 Å². The van der Waals surface area contributed by atoms with Gasteiger partial charge in [-0.1, -0.05) is 87.8 Å². The molecule has 0 saturated carbocycles. The summed E-state index contributed by atoms with van der Waals surface area (Å²) in [6.45, 7) is 22.3. The van der Waals surface area contributed by atoms with Gasteiger partial charge in [0.1, 0.15) is 0 Å². The molecule has 0 radical (unpaired) electrons. The molecular weight excluding hydrogens is 323 g/mol. The maximum atomic E-state index is 9.45. The highest BCUT2D eigenvalue weighted by Crippen LogP contribution is 2.45. The van der Waals surface area contributed by atoms with E-state index in [1.54, 1.807) is 0 Å². The van der Waals surface area contributed by atoms with Crippen LogP contribution in [-0.4, -0.2) is 17.4 Å². The molecule has 1 atom stereocenters. The molecule has 1 aromatic carbocycles. The summed E-state index contributed by atoms with van der Waals surface area (Å²) in [5.74, 6) is 0. The number of benzene rings is 1. The van der Waals surface area contributed by atoms with Gasteiger partial charge >= 0.3 is 7.32 Å². The minimum atomic E-state index is -1.76. The summed E-state index contributed by atoms with van der Waals surface area (Å²) >= 11 is 0. The average Bonchev–Trinajstić information content (AvgIpc) is 2.42. The molecule has 0 heterocycles. The average molecular weight is 362 g/mol. The third kappa shape index (κ3) is 5.58. The molecule has 0 spiro atoms. The van der Waals surface area contributed by atoms with Gasteiger partial charge in [0.05, 0.1) is 6.10 Å². The van der Waals surface area contributed by atoms with Crippen LogP contribution in [0.4, 0.5) is 0 Å². The lowest BCUT2D eigenvalue weighted by Gasteiger charge is -2.39. The van der Waals surface area contributed by atoms with Crippen molar-refractivity contribution in [3.8, 4) is 0 Å². The van der Waals surface area contributed by atoms with Crippen LogP contribution in [0.25, 0.3) is 0 Å². The molecule has 0 amide bonds. The van der Waals surface area contributed by atoms with Gasteiger partial charge in [-0.05, 0) is 44.9 Å². The lowest BCUT2D eigenvalue weighted by atomic mass is 9.66. The van der Waals surface area contributed by atoms with E-state index in [0.29, 0.717) is 0 Å². The molecule has 0 aliphatic rings. The van der Waals surface area contributed by atoms with E-state index < -0.39 is 7.32 Å². The zero-order chi connectivity index (χ0) is 20.5. The van der Waals surface area contributed by atoms with Crippen molar-refractivity contribution in [2.75, 3.05) is 0 Å². The molecule has 0 aliphatic heterocycles. The molecule has 0 saturated heterocycles. The number of rotatable bonds is 5.